The average molecular weight is 264 g/mol. The molecule has 0 saturated carbocycles. The van der Waals surface area contributed by atoms with Crippen LogP contribution in [-0.2, 0) is 0 Å². The highest BCUT2D eigenvalue weighted by atomic mass is 16.4. The van der Waals surface area contributed by atoms with Crippen LogP contribution < -0.4 is 10.6 Å². The predicted molar refractivity (Wildman–Crippen MR) is 74.5 cm³/mol. The van der Waals surface area contributed by atoms with Crippen molar-refractivity contribution in [2.24, 2.45) is 5.92 Å². The maximum atomic E-state index is 11.6. The number of rotatable bonds is 6. The zero-order valence-corrected chi connectivity index (χ0v) is 11.3. The molecule has 0 radical (unpaired) electrons. The van der Waals surface area contributed by atoms with Gasteiger partial charge in [-0.3, -0.25) is 0 Å². The number of hydrogen-bond acceptors (Lipinski definition) is 2. The summed E-state index contributed by atoms with van der Waals surface area (Å²) in [4.78, 5) is 22.6. The lowest BCUT2D eigenvalue weighted by molar-refractivity contribution is 0.0698. The normalized spacial score (nSPS) is 10.3. The van der Waals surface area contributed by atoms with Gasteiger partial charge in [0, 0.05) is 6.54 Å². The van der Waals surface area contributed by atoms with Crippen LogP contribution in [0.25, 0.3) is 0 Å². The molecule has 0 saturated heterocycles. The van der Waals surface area contributed by atoms with Crippen LogP contribution in [0.5, 0.6) is 0 Å². The van der Waals surface area contributed by atoms with Crippen LogP contribution in [0, 0.1) is 5.92 Å². The third-order valence-corrected chi connectivity index (χ3v) is 2.65. The van der Waals surface area contributed by atoms with Crippen molar-refractivity contribution < 1.29 is 14.7 Å². The largest absolute Gasteiger partial charge is 0.478 e. The first-order valence-corrected chi connectivity index (χ1v) is 6.38. The van der Waals surface area contributed by atoms with Gasteiger partial charge >= 0.3 is 12.0 Å². The predicted octanol–water partition coefficient (Wildman–Crippen LogP) is 2.94. The number of nitrogens with one attached hydrogen (secondary N) is 2. The molecule has 0 aliphatic rings. The molecule has 5 heteroatoms. The molecule has 2 amide bonds. The van der Waals surface area contributed by atoms with Crippen LogP contribution in [0.2, 0.25) is 0 Å². The van der Waals surface area contributed by atoms with Gasteiger partial charge in [-0.2, -0.15) is 0 Å². The molecule has 0 atom stereocenters. The third kappa shape index (κ3) is 5.42. The monoisotopic (exact) mass is 264 g/mol. The van der Waals surface area contributed by atoms with E-state index in [0.717, 1.165) is 12.8 Å². The molecule has 0 aromatic heterocycles. The summed E-state index contributed by atoms with van der Waals surface area (Å²) in [7, 11) is 0. The number of benzene rings is 1. The van der Waals surface area contributed by atoms with Gasteiger partial charge in [0.2, 0.25) is 0 Å². The number of aromatic carboxylic acids is 1. The molecule has 3 N–H and O–H groups in total. The number of hydrogen-bond donors (Lipinski definition) is 3. The van der Waals surface area contributed by atoms with Gasteiger partial charge in [0.05, 0.1) is 11.3 Å². The van der Waals surface area contributed by atoms with Gasteiger partial charge in [-0.25, -0.2) is 9.59 Å². The second-order valence-electron chi connectivity index (χ2n) is 4.77. The molecule has 0 fully saturated rings. The number of carboxylic acid groups (broad SMARTS) is 1. The molecule has 1 aromatic rings. The van der Waals surface area contributed by atoms with Gasteiger partial charge in [0.15, 0.2) is 0 Å². The second kappa shape index (κ2) is 7.41. The van der Waals surface area contributed by atoms with Gasteiger partial charge in [0.1, 0.15) is 0 Å². The Bertz CT molecular complexity index is 444. The van der Waals surface area contributed by atoms with Crippen molar-refractivity contribution >= 4 is 17.7 Å². The van der Waals surface area contributed by atoms with Crippen molar-refractivity contribution in [3.8, 4) is 0 Å². The summed E-state index contributed by atoms with van der Waals surface area (Å²) in [6, 6.07) is 5.95. The first-order chi connectivity index (χ1) is 9.00. The molecule has 1 aromatic carbocycles. The minimum absolute atomic E-state index is 0.0832. The van der Waals surface area contributed by atoms with Crippen LogP contribution in [0.4, 0.5) is 10.5 Å². The zero-order valence-electron chi connectivity index (χ0n) is 11.3. The Labute approximate surface area is 113 Å². The van der Waals surface area contributed by atoms with Gasteiger partial charge in [-0.15, -0.1) is 0 Å². The second-order valence-corrected chi connectivity index (χ2v) is 4.77. The molecule has 0 bridgehead atoms. The van der Waals surface area contributed by atoms with E-state index in [-0.39, 0.29) is 11.6 Å². The Kier molecular flexibility index (Phi) is 5.85. The smallest absolute Gasteiger partial charge is 0.337 e. The van der Waals surface area contributed by atoms with Crippen LogP contribution in [-0.4, -0.2) is 23.7 Å². The number of carbonyl (C=O) groups excluding carboxylic acids is 1. The minimum atomic E-state index is -1.06. The van der Waals surface area contributed by atoms with E-state index >= 15 is 0 Å². The SMILES string of the molecule is CC(C)CCCNC(=O)Nc1ccccc1C(=O)O. The molecule has 0 heterocycles. The number of amides is 2. The fourth-order valence-corrected chi connectivity index (χ4v) is 1.66. The summed E-state index contributed by atoms with van der Waals surface area (Å²) in [5.74, 6) is -0.451. The fraction of sp³-hybridized carbons (Fsp3) is 0.429. The van der Waals surface area contributed by atoms with Gasteiger partial charge in [-0.1, -0.05) is 26.0 Å². The topological polar surface area (TPSA) is 78.4 Å². The number of carbonyl (C=O) groups is 2. The maximum Gasteiger partial charge on any atom is 0.337 e. The average Bonchev–Trinajstić information content (AvgIpc) is 2.35. The molecule has 104 valence electrons. The Morgan fingerprint density at radius 1 is 1.26 bits per heavy atom. The van der Waals surface area contributed by atoms with Crippen LogP contribution >= 0.6 is 0 Å². The lowest BCUT2D eigenvalue weighted by Gasteiger charge is -2.10. The van der Waals surface area contributed by atoms with Crippen molar-refractivity contribution in [1.29, 1.82) is 0 Å². The molecule has 0 aliphatic carbocycles. The molecule has 0 aliphatic heterocycles. The van der Waals surface area contributed by atoms with E-state index in [1.807, 2.05) is 0 Å². The molecule has 5 nitrogen and oxygen atoms in total. The van der Waals surface area contributed by atoms with E-state index in [1.54, 1.807) is 18.2 Å². The highest BCUT2D eigenvalue weighted by molar-refractivity contribution is 5.99. The van der Waals surface area contributed by atoms with E-state index in [4.69, 9.17) is 5.11 Å². The van der Waals surface area contributed by atoms with Crippen LogP contribution in [0.15, 0.2) is 24.3 Å². The zero-order chi connectivity index (χ0) is 14.3. The summed E-state index contributed by atoms with van der Waals surface area (Å²) >= 11 is 0. The summed E-state index contributed by atoms with van der Waals surface area (Å²) in [6.07, 6.45) is 1.96. The summed E-state index contributed by atoms with van der Waals surface area (Å²) in [5, 5.41) is 14.2. The van der Waals surface area contributed by atoms with Crippen molar-refractivity contribution in [2.45, 2.75) is 26.7 Å². The van der Waals surface area contributed by atoms with Crippen molar-refractivity contribution in [2.75, 3.05) is 11.9 Å². The van der Waals surface area contributed by atoms with Crippen LogP contribution in [0.3, 0.4) is 0 Å². The number of para-hydroxylation sites is 1. The Morgan fingerprint density at radius 2 is 1.95 bits per heavy atom. The van der Waals surface area contributed by atoms with Gasteiger partial charge in [-0.05, 0) is 30.9 Å². The Morgan fingerprint density at radius 3 is 2.58 bits per heavy atom. The highest BCUT2D eigenvalue weighted by Gasteiger charge is 2.10. The van der Waals surface area contributed by atoms with E-state index in [9.17, 15) is 9.59 Å². The number of carboxylic acids is 1. The lowest BCUT2D eigenvalue weighted by Crippen LogP contribution is -2.30. The standard InChI is InChI=1S/C14H20N2O3/c1-10(2)6-5-9-15-14(19)16-12-8-4-3-7-11(12)13(17)18/h3-4,7-8,10H,5-6,9H2,1-2H3,(H,17,18)(H2,15,16,19). The first kappa shape index (κ1) is 15.0. The van der Waals surface area contributed by atoms with Gasteiger partial charge < -0.3 is 15.7 Å². The Balaban J connectivity index is 2.46. The van der Waals surface area contributed by atoms with Crippen molar-refractivity contribution in [1.82, 2.24) is 5.32 Å². The van der Waals surface area contributed by atoms with E-state index < -0.39 is 5.97 Å². The van der Waals surface area contributed by atoms with Crippen molar-refractivity contribution in [3.05, 3.63) is 29.8 Å². The van der Waals surface area contributed by atoms with Crippen LogP contribution in [0.1, 0.15) is 37.0 Å². The molecular formula is C14H20N2O3. The summed E-state index contributed by atoms with van der Waals surface area (Å²) in [5.41, 5.74) is 0.385. The molecule has 19 heavy (non-hydrogen) atoms. The van der Waals surface area contributed by atoms with E-state index in [2.05, 4.69) is 24.5 Å². The minimum Gasteiger partial charge on any atom is -0.478 e. The van der Waals surface area contributed by atoms with Gasteiger partial charge in [0.25, 0.3) is 0 Å². The summed E-state index contributed by atoms with van der Waals surface area (Å²) < 4.78 is 0. The Hall–Kier alpha value is -2.04. The van der Waals surface area contributed by atoms with Crippen molar-refractivity contribution in [3.63, 3.8) is 0 Å². The summed E-state index contributed by atoms with van der Waals surface area (Å²) in [6.45, 7) is 4.84. The van der Waals surface area contributed by atoms with E-state index in [0.29, 0.717) is 18.2 Å². The molecule has 1 rings (SSSR count). The third-order valence-electron chi connectivity index (χ3n) is 2.65. The van der Waals surface area contributed by atoms with E-state index in [1.165, 1.54) is 6.07 Å². The maximum absolute atomic E-state index is 11.6. The quantitative estimate of drug-likeness (QED) is 0.691. The fourth-order valence-electron chi connectivity index (χ4n) is 1.66. The highest BCUT2D eigenvalue weighted by Crippen LogP contribution is 2.14. The molecule has 0 spiro atoms. The number of urea groups is 1. The number of anilines is 1. The molecule has 0 unspecified atom stereocenters. The molecular weight excluding hydrogens is 244 g/mol. The first-order valence-electron chi connectivity index (χ1n) is 6.38. The lowest BCUT2D eigenvalue weighted by atomic mass is 10.1.